The van der Waals surface area contributed by atoms with Gasteiger partial charge in [-0.3, -0.25) is 4.79 Å². The summed E-state index contributed by atoms with van der Waals surface area (Å²) in [7, 11) is 4.95. The first-order valence-electron chi connectivity index (χ1n) is 9.37. The third-order valence-electron chi connectivity index (χ3n) is 4.50. The predicted octanol–water partition coefficient (Wildman–Crippen LogP) is 4.72. The molecule has 2 aromatic carbocycles. The van der Waals surface area contributed by atoms with Crippen LogP contribution in [-0.2, 0) is 0 Å². The topological polar surface area (TPSA) is 79.4 Å². The van der Waals surface area contributed by atoms with Crippen molar-refractivity contribution >= 4 is 35.0 Å². The maximum Gasteiger partial charge on any atom is 0.257 e. The van der Waals surface area contributed by atoms with E-state index in [4.69, 9.17) is 4.74 Å². The zero-order valence-corrected chi connectivity index (χ0v) is 18.3. The minimum absolute atomic E-state index is 0.112. The number of hydrogen-bond donors (Lipinski definition) is 2. The minimum atomic E-state index is -0.142. The van der Waals surface area contributed by atoms with Gasteiger partial charge in [0.1, 0.15) is 0 Å². The Labute approximate surface area is 180 Å². The molecular weight excluding hydrogens is 398 g/mol. The Hall–Kier alpha value is -3.39. The average Bonchev–Trinajstić information content (AvgIpc) is 3.18. The van der Waals surface area contributed by atoms with Gasteiger partial charge >= 0.3 is 0 Å². The summed E-state index contributed by atoms with van der Waals surface area (Å²) >= 11 is 1.09. The number of hydrogen-bond acceptors (Lipinski definition) is 7. The van der Waals surface area contributed by atoms with Crippen molar-refractivity contribution in [1.82, 2.24) is 13.6 Å². The molecule has 0 spiro atoms. The molecule has 0 aliphatic heterocycles. The van der Waals surface area contributed by atoms with Gasteiger partial charge in [0.2, 0.25) is 0 Å². The Morgan fingerprint density at radius 2 is 1.80 bits per heavy atom. The molecule has 0 aliphatic carbocycles. The second-order valence-electron chi connectivity index (χ2n) is 7.01. The maximum absolute atomic E-state index is 12.5. The maximum atomic E-state index is 12.5. The number of benzene rings is 2. The van der Waals surface area contributed by atoms with Crippen LogP contribution in [0.5, 0.6) is 5.75 Å². The van der Waals surface area contributed by atoms with Gasteiger partial charge in [-0.25, -0.2) is 0 Å². The Bertz CT molecular complexity index is 1030. The standard InChI is InChI=1S/C22H25N5O2S/c1-14(2)18(15-10-7-6-8-11-15)24-21-20(25-30-26-21)23-17-13-9-12-16(19(17)29-5)22(28)27(3)4/h6-13,18H,1H2,2-5H3,(H,23,25)(H,24,26)/t18-/m1/s1. The van der Waals surface area contributed by atoms with Crippen LogP contribution in [0.1, 0.15) is 28.9 Å². The van der Waals surface area contributed by atoms with E-state index in [0.29, 0.717) is 28.6 Å². The fourth-order valence-electron chi connectivity index (χ4n) is 3.03. The first-order valence-corrected chi connectivity index (χ1v) is 10.1. The van der Waals surface area contributed by atoms with Crippen molar-refractivity contribution in [1.29, 1.82) is 0 Å². The van der Waals surface area contributed by atoms with Crippen molar-refractivity contribution in [2.45, 2.75) is 13.0 Å². The number of carbonyl (C=O) groups is 1. The van der Waals surface area contributed by atoms with Gasteiger partial charge in [0.25, 0.3) is 5.91 Å². The van der Waals surface area contributed by atoms with Crippen LogP contribution in [0, 0.1) is 0 Å². The highest BCUT2D eigenvalue weighted by Crippen LogP contribution is 2.35. The van der Waals surface area contributed by atoms with Gasteiger partial charge in [0.05, 0.1) is 36.1 Å². The summed E-state index contributed by atoms with van der Waals surface area (Å²) in [6.45, 7) is 6.08. The Morgan fingerprint density at radius 3 is 2.43 bits per heavy atom. The lowest BCUT2D eigenvalue weighted by atomic mass is 10.0. The predicted molar refractivity (Wildman–Crippen MR) is 122 cm³/mol. The van der Waals surface area contributed by atoms with Crippen LogP contribution in [-0.4, -0.2) is 40.8 Å². The number of aromatic nitrogens is 2. The number of amides is 1. The third-order valence-corrected chi connectivity index (χ3v) is 5.03. The second kappa shape index (κ2) is 9.41. The van der Waals surface area contributed by atoms with E-state index in [1.807, 2.05) is 43.3 Å². The molecule has 7 nitrogen and oxygen atoms in total. The molecule has 1 atom stereocenters. The van der Waals surface area contributed by atoms with E-state index in [2.05, 4.69) is 26.0 Å². The van der Waals surface area contributed by atoms with Crippen LogP contribution >= 0.6 is 11.7 Å². The molecule has 8 heteroatoms. The van der Waals surface area contributed by atoms with Crippen LogP contribution in [0.4, 0.5) is 17.3 Å². The molecule has 0 saturated carbocycles. The number of rotatable bonds is 8. The van der Waals surface area contributed by atoms with Gasteiger partial charge in [-0.2, -0.15) is 8.75 Å². The van der Waals surface area contributed by atoms with E-state index in [9.17, 15) is 4.79 Å². The summed E-state index contributed by atoms with van der Waals surface area (Å²) in [6.07, 6.45) is 0. The fourth-order valence-corrected chi connectivity index (χ4v) is 3.51. The Morgan fingerprint density at radius 1 is 1.10 bits per heavy atom. The lowest BCUT2D eigenvalue weighted by molar-refractivity contribution is 0.0824. The number of anilines is 3. The van der Waals surface area contributed by atoms with Crippen LogP contribution < -0.4 is 15.4 Å². The molecule has 0 fully saturated rings. The van der Waals surface area contributed by atoms with Crippen molar-refractivity contribution in [3.8, 4) is 5.75 Å². The molecule has 0 bridgehead atoms. The number of ether oxygens (including phenoxy) is 1. The van der Waals surface area contributed by atoms with Crippen LogP contribution in [0.2, 0.25) is 0 Å². The zero-order chi connectivity index (χ0) is 21.7. The number of nitrogens with one attached hydrogen (secondary N) is 2. The summed E-state index contributed by atoms with van der Waals surface area (Å²) in [6, 6.07) is 15.3. The highest BCUT2D eigenvalue weighted by molar-refractivity contribution is 6.99. The van der Waals surface area contributed by atoms with E-state index < -0.39 is 0 Å². The fraction of sp³-hybridized carbons (Fsp3) is 0.227. The highest BCUT2D eigenvalue weighted by Gasteiger charge is 2.20. The van der Waals surface area contributed by atoms with Crippen molar-refractivity contribution in [2.24, 2.45) is 0 Å². The van der Waals surface area contributed by atoms with Gasteiger partial charge < -0.3 is 20.3 Å². The van der Waals surface area contributed by atoms with Crippen molar-refractivity contribution in [3.63, 3.8) is 0 Å². The quantitative estimate of drug-likeness (QED) is 0.510. The first-order chi connectivity index (χ1) is 14.4. The van der Waals surface area contributed by atoms with E-state index in [1.54, 1.807) is 26.2 Å². The number of para-hydroxylation sites is 1. The molecule has 30 heavy (non-hydrogen) atoms. The van der Waals surface area contributed by atoms with Crippen LogP contribution in [0.3, 0.4) is 0 Å². The summed E-state index contributed by atoms with van der Waals surface area (Å²) in [4.78, 5) is 14.0. The molecule has 0 unspecified atom stereocenters. The molecular formula is C22H25N5O2S. The molecule has 0 aliphatic rings. The molecule has 1 heterocycles. The smallest absolute Gasteiger partial charge is 0.257 e. The van der Waals surface area contributed by atoms with E-state index in [-0.39, 0.29) is 11.9 Å². The van der Waals surface area contributed by atoms with E-state index >= 15 is 0 Å². The Balaban J connectivity index is 1.90. The summed E-state index contributed by atoms with van der Waals surface area (Å²) in [5.41, 5.74) is 3.14. The third kappa shape index (κ3) is 4.60. The highest BCUT2D eigenvalue weighted by atomic mass is 32.1. The molecule has 1 amide bonds. The molecule has 3 aromatic rings. The largest absolute Gasteiger partial charge is 0.494 e. The van der Waals surface area contributed by atoms with Gasteiger partial charge in [-0.05, 0) is 24.6 Å². The van der Waals surface area contributed by atoms with E-state index in [0.717, 1.165) is 22.9 Å². The molecule has 0 radical (unpaired) electrons. The van der Waals surface area contributed by atoms with E-state index in [1.165, 1.54) is 12.0 Å². The van der Waals surface area contributed by atoms with Gasteiger partial charge in [0, 0.05) is 14.1 Å². The lowest BCUT2D eigenvalue weighted by Crippen LogP contribution is -2.22. The van der Waals surface area contributed by atoms with Gasteiger partial charge in [-0.1, -0.05) is 48.6 Å². The molecule has 156 valence electrons. The summed E-state index contributed by atoms with van der Waals surface area (Å²) < 4.78 is 14.3. The van der Waals surface area contributed by atoms with Gasteiger partial charge in [0.15, 0.2) is 17.4 Å². The second-order valence-corrected chi connectivity index (χ2v) is 7.54. The zero-order valence-electron chi connectivity index (χ0n) is 17.5. The van der Waals surface area contributed by atoms with Crippen LogP contribution in [0.25, 0.3) is 0 Å². The molecule has 3 rings (SSSR count). The number of methoxy groups -OCH3 is 1. The average molecular weight is 424 g/mol. The van der Waals surface area contributed by atoms with Crippen molar-refractivity contribution in [3.05, 3.63) is 71.8 Å². The van der Waals surface area contributed by atoms with Crippen molar-refractivity contribution < 1.29 is 9.53 Å². The molecule has 1 aromatic heterocycles. The monoisotopic (exact) mass is 423 g/mol. The number of nitrogens with zero attached hydrogens (tertiary/aromatic N) is 3. The van der Waals surface area contributed by atoms with Gasteiger partial charge in [-0.15, -0.1) is 0 Å². The Kier molecular flexibility index (Phi) is 6.68. The lowest BCUT2D eigenvalue weighted by Gasteiger charge is -2.20. The normalized spacial score (nSPS) is 11.5. The van der Waals surface area contributed by atoms with Crippen molar-refractivity contribution in [2.75, 3.05) is 31.8 Å². The molecule has 2 N–H and O–H groups in total. The SMILES string of the molecule is C=C(C)[C@@H](Nc1nsnc1Nc1cccc(C(=O)N(C)C)c1OC)c1ccccc1. The minimum Gasteiger partial charge on any atom is -0.494 e. The van der Waals surface area contributed by atoms with Crippen LogP contribution in [0.15, 0.2) is 60.7 Å². The first kappa shape index (κ1) is 21.3. The summed E-state index contributed by atoms with van der Waals surface area (Å²) in [5.74, 6) is 1.46. The number of carbonyl (C=O) groups excluding carboxylic acids is 1. The molecule has 0 saturated heterocycles. The summed E-state index contributed by atoms with van der Waals surface area (Å²) in [5, 5.41) is 6.67.